The van der Waals surface area contributed by atoms with Crippen LogP contribution in [0.1, 0.15) is 26.7 Å². The smallest absolute Gasteiger partial charge is 0.246 e. The van der Waals surface area contributed by atoms with Crippen molar-refractivity contribution < 1.29 is 17.6 Å². The van der Waals surface area contributed by atoms with Gasteiger partial charge in [0.1, 0.15) is 10.7 Å². The molecule has 5 nitrogen and oxygen atoms in total. The van der Waals surface area contributed by atoms with E-state index in [1.54, 1.807) is 0 Å². The first-order valence-electron chi connectivity index (χ1n) is 6.98. The van der Waals surface area contributed by atoms with E-state index in [2.05, 4.69) is 5.32 Å². The number of carbonyl (C=O) groups is 1. The molecule has 1 fully saturated rings. The Morgan fingerprint density at radius 3 is 2.73 bits per heavy atom. The standard InChI is InChI=1S/C14H18ClFN2O3S/c1-9-4-3-5-18(8-9)22(20,21)14-6-11(15)13(7-12(14)16)17-10(2)19/h6-7,9H,3-5,8H2,1-2H3,(H,17,19). The molecule has 1 amide bonds. The van der Waals surface area contributed by atoms with E-state index in [-0.39, 0.29) is 16.6 Å². The molecule has 1 atom stereocenters. The monoisotopic (exact) mass is 348 g/mol. The second kappa shape index (κ2) is 6.52. The van der Waals surface area contributed by atoms with Crippen molar-refractivity contribution in [2.75, 3.05) is 18.4 Å². The van der Waals surface area contributed by atoms with Gasteiger partial charge >= 0.3 is 0 Å². The predicted molar refractivity (Wildman–Crippen MR) is 82.9 cm³/mol. The summed E-state index contributed by atoms with van der Waals surface area (Å²) in [4.78, 5) is 10.6. The number of sulfonamides is 1. The van der Waals surface area contributed by atoms with Crippen molar-refractivity contribution in [3.8, 4) is 0 Å². The highest BCUT2D eigenvalue weighted by Crippen LogP contribution is 2.31. The van der Waals surface area contributed by atoms with E-state index in [0.29, 0.717) is 13.1 Å². The lowest BCUT2D eigenvalue weighted by Crippen LogP contribution is -2.39. The van der Waals surface area contributed by atoms with Gasteiger partial charge in [0.05, 0.1) is 10.7 Å². The highest BCUT2D eigenvalue weighted by Gasteiger charge is 2.31. The molecule has 1 N–H and O–H groups in total. The van der Waals surface area contributed by atoms with Crippen LogP contribution in [0.4, 0.5) is 10.1 Å². The quantitative estimate of drug-likeness (QED) is 0.913. The third-order valence-corrected chi connectivity index (χ3v) is 5.76. The fourth-order valence-corrected chi connectivity index (χ4v) is 4.46. The normalized spacial score (nSPS) is 19.9. The molecule has 1 aliphatic rings. The van der Waals surface area contributed by atoms with Gasteiger partial charge in [-0.3, -0.25) is 4.79 Å². The minimum atomic E-state index is -3.93. The van der Waals surface area contributed by atoms with Gasteiger partial charge in [0.15, 0.2) is 0 Å². The van der Waals surface area contributed by atoms with E-state index >= 15 is 0 Å². The molecule has 1 aromatic carbocycles. The average molecular weight is 349 g/mol. The van der Waals surface area contributed by atoms with Gasteiger partial charge in [0.2, 0.25) is 15.9 Å². The zero-order valence-electron chi connectivity index (χ0n) is 12.4. The molecule has 0 bridgehead atoms. The number of hydrogen-bond donors (Lipinski definition) is 1. The zero-order chi connectivity index (χ0) is 16.5. The Labute approximate surface area is 134 Å². The van der Waals surface area contributed by atoms with E-state index in [1.165, 1.54) is 11.2 Å². The fourth-order valence-electron chi connectivity index (χ4n) is 2.52. The van der Waals surface area contributed by atoms with Crippen molar-refractivity contribution in [1.29, 1.82) is 0 Å². The molecule has 1 aliphatic heterocycles. The minimum absolute atomic E-state index is 0.0137. The summed E-state index contributed by atoms with van der Waals surface area (Å²) in [5, 5.41) is 2.35. The van der Waals surface area contributed by atoms with Crippen molar-refractivity contribution in [2.24, 2.45) is 5.92 Å². The van der Waals surface area contributed by atoms with Crippen molar-refractivity contribution >= 4 is 33.2 Å². The van der Waals surface area contributed by atoms with Crippen LogP contribution < -0.4 is 5.32 Å². The Hall–Kier alpha value is -1.18. The SMILES string of the molecule is CC(=O)Nc1cc(F)c(S(=O)(=O)N2CCCC(C)C2)cc1Cl. The van der Waals surface area contributed by atoms with Crippen molar-refractivity contribution in [2.45, 2.75) is 31.6 Å². The first-order chi connectivity index (χ1) is 10.2. The van der Waals surface area contributed by atoms with Crippen LogP contribution in [0, 0.1) is 11.7 Å². The van der Waals surface area contributed by atoms with Gasteiger partial charge in [-0.2, -0.15) is 4.31 Å². The summed E-state index contributed by atoms with van der Waals surface area (Å²) < 4.78 is 40.7. The molecule has 1 unspecified atom stereocenters. The number of rotatable bonds is 3. The molecule has 122 valence electrons. The molecule has 2 rings (SSSR count). The number of nitrogens with zero attached hydrogens (tertiary/aromatic N) is 1. The second-order valence-electron chi connectivity index (χ2n) is 5.55. The van der Waals surface area contributed by atoms with Gasteiger partial charge in [-0.1, -0.05) is 18.5 Å². The second-order valence-corrected chi connectivity index (χ2v) is 7.87. The maximum Gasteiger partial charge on any atom is 0.246 e. The molecule has 1 aromatic rings. The van der Waals surface area contributed by atoms with Crippen LogP contribution in [0.25, 0.3) is 0 Å². The van der Waals surface area contributed by atoms with E-state index < -0.39 is 26.6 Å². The molecule has 0 spiro atoms. The summed E-state index contributed by atoms with van der Waals surface area (Å²) in [7, 11) is -3.93. The molecular formula is C14H18ClFN2O3S. The number of benzene rings is 1. The fraction of sp³-hybridized carbons (Fsp3) is 0.500. The van der Waals surface area contributed by atoms with E-state index in [4.69, 9.17) is 11.6 Å². The summed E-state index contributed by atoms with van der Waals surface area (Å²) >= 11 is 5.95. The molecule has 0 radical (unpaired) electrons. The molecule has 0 saturated carbocycles. The van der Waals surface area contributed by atoms with Crippen molar-refractivity contribution in [3.63, 3.8) is 0 Å². The van der Waals surface area contributed by atoms with E-state index in [1.807, 2.05) is 6.92 Å². The summed E-state index contributed by atoms with van der Waals surface area (Å²) in [5.41, 5.74) is 0.0534. The lowest BCUT2D eigenvalue weighted by Gasteiger charge is -2.30. The van der Waals surface area contributed by atoms with Crippen LogP contribution >= 0.6 is 11.6 Å². The van der Waals surface area contributed by atoms with Gasteiger partial charge in [0.25, 0.3) is 0 Å². The summed E-state index contributed by atoms with van der Waals surface area (Å²) in [6, 6.07) is 1.99. The average Bonchev–Trinajstić information content (AvgIpc) is 2.41. The van der Waals surface area contributed by atoms with Crippen LogP contribution in [-0.4, -0.2) is 31.7 Å². The third kappa shape index (κ3) is 3.59. The van der Waals surface area contributed by atoms with Gasteiger partial charge < -0.3 is 5.32 Å². The molecule has 0 aliphatic carbocycles. The van der Waals surface area contributed by atoms with Crippen LogP contribution in [-0.2, 0) is 14.8 Å². The lowest BCUT2D eigenvalue weighted by atomic mass is 10.0. The minimum Gasteiger partial charge on any atom is -0.325 e. The molecule has 22 heavy (non-hydrogen) atoms. The number of hydrogen-bond acceptors (Lipinski definition) is 3. The van der Waals surface area contributed by atoms with E-state index in [9.17, 15) is 17.6 Å². The number of carbonyl (C=O) groups excluding carboxylic acids is 1. The molecule has 0 aromatic heterocycles. The van der Waals surface area contributed by atoms with Crippen molar-refractivity contribution in [3.05, 3.63) is 23.0 Å². The zero-order valence-corrected chi connectivity index (χ0v) is 14.0. The molecule has 8 heteroatoms. The molecule has 1 saturated heterocycles. The number of amides is 1. The Balaban J connectivity index is 2.39. The predicted octanol–water partition coefficient (Wildman–Crippen LogP) is 2.86. The van der Waals surface area contributed by atoms with Crippen LogP contribution in [0.5, 0.6) is 0 Å². The van der Waals surface area contributed by atoms with Crippen LogP contribution in [0.2, 0.25) is 5.02 Å². The summed E-state index contributed by atoms with van der Waals surface area (Å²) in [5.74, 6) is -1.10. The van der Waals surface area contributed by atoms with Gasteiger partial charge in [-0.25, -0.2) is 12.8 Å². The lowest BCUT2D eigenvalue weighted by molar-refractivity contribution is -0.114. The highest BCUT2D eigenvalue weighted by molar-refractivity contribution is 7.89. The Kier molecular flexibility index (Phi) is 5.09. The van der Waals surface area contributed by atoms with Crippen molar-refractivity contribution in [1.82, 2.24) is 4.31 Å². The maximum absolute atomic E-state index is 14.2. The Morgan fingerprint density at radius 2 is 2.14 bits per heavy atom. The number of nitrogens with one attached hydrogen (secondary N) is 1. The third-order valence-electron chi connectivity index (χ3n) is 3.57. The molecule has 1 heterocycles. The first-order valence-corrected chi connectivity index (χ1v) is 8.80. The number of anilines is 1. The molecular weight excluding hydrogens is 331 g/mol. The van der Waals surface area contributed by atoms with Gasteiger partial charge in [-0.15, -0.1) is 0 Å². The Morgan fingerprint density at radius 1 is 1.45 bits per heavy atom. The van der Waals surface area contributed by atoms with Gasteiger partial charge in [0, 0.05) is 26.1 Å². The highest BCUT2D eigenvalue weighted by atomic mass is 35.5. The summed E-state index contributed by atoms with van der Waals surface area (Å²) in [6.45, 7) is 3.96. The summed E-state index contributed by atoms with van der Waals surface area (Å²) in [6.07, 6.45) is 1.70. The number of halogens is 2. The Bertz CT molecular complexity index is 694. The van der Waals surface area contributed by atoms with Crippen LogP contribution in [0.3, 0.4) is 0 Å². The van der Waals surface area contributed by atoms with E-state index in [0.717, 1.165) is 25.0 Å². The van der Waals surface area contributed by atoms with Gasteiger partial charge in [-0.05, 0) is 24.8 Å². The topological polar surface area (TPSA) is 66.5 Å². The van der Waals surface area contributed by atoms with Crippen LogP contribution in [0.15, 0.2) is 17.0 Å². The largest absolute Gasteiger partial charge is 0.325 e. The first kappa shape index (κ1) is 17.2. The number of piperidine rings is 1. The maximum atomic E-state index is 14.2.